The maximum atomic E-state index is 5.03. The van der Waals surface area contributed by atoms with E-state index in [1.54, 1.807) is 11.3 Å². The molecular weight excluding hydrogens is 130 g/mol. The van der Waals surface area contributed by atoms with Crippen LogP contribution >= 0.6 is 11.3 Å². The molecule has 0 spiro atoms. The summed E-state index contributed by atoms with van der Waals surface area (Å²) in [5.41, 5.74) is 5.03. The summed E-state index contributed by atoms with van der Waals surface area (Å²) >= 11 is 1.71. The van der Waals surface area contributed by atoms with Gasteiger partial charge in [-0.2, -0.15) is 11.3 Å². The first kappa shape index (κ1) is 8.66. The summed E-state index contributed by atoms with van der Waals surface area (Å²) in [5, 5.41) is 4.08. The zero-order chi connectivity index (χ0) is 6.95. The van der Waals surface area contributed by atoms with E-state index in [9.17, 15) is 0 Å². The highest BCUT2D eigenvalue weighted by molar-refractivity contribution is 7.07. The minimum absolute atomic E-state index is 0.819. The van der Waals surface area contributed by atoms with Crippen LogP contribution in [0.15, 0.2) is 22.9 Å². The van der Waals surface area contributed by atoms with E-state index in [1.165, 1.54) is 0 Å². The van der Waals surface area contributed by atoms with Crippen LogP contribution in [0.1, 0.15) is 13.3 Å². The monoisotopic (exact) mass is 143 g/mol. The molecule has 1 aromatic heterocycles. The highest BCUT2D eigenvalue weighted by Gasteiger charge is 1.58. The van der Waals surface area contributed by atoms with Gasteiger partial charge in [0.2, 0.25) is 0 Å². The van der Waals surface area contributed by atoms with Crippen molar-refractivity contribution in [1.29, 1.82) is 0 Å². The van der Waals surface area contributed by atoms with Gasteiger partial charge in [0.15, 0.2) is 0 Å². The standard InChI is InChI=1S/C4H4S.C3H9N/c1-2-4-5-3-1;1-2-3-4/h1-4H;2-4H2,1H3. The van der Waals surface area contributed by atoms with Crippen molar-refractivity contribution in [3.05, 3.63) is 22.9 Å². The molecule has 0 radical (unpaired) electrons. The second kappa shape index (κ2) is 7.66. The third kappa shape index (κ3) is 7.66. The van der Waals surface area contributed by atoms with Gasteiger partial charge in [-0.3, -0.25) is 0 Å². The molecule has 1 heterocycles. The van der Waals surface area contributed by atoms with Gasteiger partial charge in [-0.1, -0.05) is 19.1 Å². The Morgan fingerprint density at radius 3 is 1.89 bits per heavy atom. The Balaban J connectivity index is 0.000000148. The number of rotatable bonds is 1. The Morgan fingerprint density at radius 2 is 1.78 bits per heavy atom. The summed E-state index contributed by atoms with van der Waals surface area (Å²) in [4.78, 5) is 0. The van der Waals surface area contributed by atoms with Crippen molar-refractivity contribution in [1.82, 2.24) is 0 Å². The van der Waals surface area contributed by atoms with Crippen molar-refractivity contribution >= 4 is 11.3 Å². The molecule has 0 saturated heterocycles. The molecule has 0 atom stereocenters. The molecule has 0 bridgehead atoms. The first-order valence-electron chi connectivity index (χ1n) is 3.09. The van der Waals surface area contributed by atoms with E-state index in [1.807, 2.05) is 22.9 Å². The van der Waals surface area contributed by atoms with Gasteiger partial charge in [0, 0.05) is 0 Å². The second-order valence-electron chi connectivity index (χ2n) is 1.58. The molecule has 1 rings (SSSR count). The highest BCUT2D eigenvalue weighted by atomic mass is 32.1. The SMILES string of the molecule is CCCN.c1ccsc1. The topological polar surface area (TPSA) is 26.0 Å². The Morgan fingerprint density at radius 1 is 1.33 bits per heavy atom. The fourth-order valence-electron chi connectivity index (χ4n) is 0.227. The molecule has 0 aliphatic rings. The maximum Gasteiger partial charge on any atom is -0.00799 e. The predicted octanol–water partition coefficient (Wildman–Crippen LogP) is 2.10. The van der Waals surface area contributed by atoms with Gasteiger partial charge in [-0.25, -0.2) is 0 Å². The van der Waals surface area contributed by atoms with Crippen LogP contribution in [0, 0.1) is 0 Å². The number of hydrogen-bond donors (Lipinski definition) is 1. The minimum atomic E-state index is 0.819. The molecular formula is C7H13NS. The molecule has 0 aliphatic carbocycles. The zero-order valence-electron chi connectivity index (χ0n) is 5.71. The average Bonchev–Trinajstić information content (AvgIpc) is 2.43. The Bertz CT molecular complexity index is 84.4. The van der Waals surface area contributed by atoms with Crippen LogP contribution in [0.4, 0.5) is 0 Å². The molecule has 0 unspecified atom stereocenters. The summed E-state index contributed by atoms with van der Waals surface area (Å²) in [6, 6.07) is 4.04. The molecule has 52 valence electrons. The number of hydrogen-bond acceptors (Lipinski definition) is 2. The summed E-state index contributed by atoms with van der Waals surface area (Å²) in [7, 11) is 0. The molecule has 1 nitrogen and oxygen atoms in total. The maximum absolute atomic E-state index is 5.03. The van der Waals surface area contributed by atoms with Crippen LogP contribution in [0.2, 0.25) is 0 Å². The van der Waals surface area contributed by atoms with Crippen LogP contribution < -0.4 is 5.73 Å². The van der Waals surface area contributed by atoms with Crippen molar-refractivity contribution in [2.75, 3.05) is 6.54 Å². The first-order valence-corrected chi connectivity index (χ1v) is 4.03. The van der Waals surface area contributed by atoms with E-state index in [-0.39, 0.29) is 0 Å². The lowest BCUT2D eigenvalue weighted by atomic mass is 10.5. The molecule has 0 fully saturated rings. The fraction of sp³-hybridized carbons (Fsp3) is 0.429. The smallest absolute Gasteiger partial charge is 0.00799 e. The van der Waals surface area contributed by atoms with Gasteiger partial charge in [0.25, 0.3) is 0 Å². The van der Waals surface area contributed by atoms with Crippen molar-refractivity contribution in [3.63, 3.8) is 0 Å². The molecule has 0 aliphatic heterocycles. The first-order chi connectivity index (χ1) is 4.41. The highest BCUT2D eigenvalue weighted by Crippen LogP contribution is 1.91. The summed E-state index contributed by atoms with van der Waals surface area (Å²) in [5.74, 6) is 0. The number of nitrogens with two attached hydrogens (primary N) is 1. The predicted molar refractivity (Wildman–Crippen MR) is 43.7 cm³/mol. The van der Waals surface area contributed by atoms with E-state index in [2.05, 4.69) is 6.92 Å². The quantitative estimate of drug-likeness (QED) is 0.640. The van der Waals surface area contributed by atoms with E-state index >= 15 is 0 Å². The van der Waals surface area contributed by atoms with Crippen LogP contribution in [-0.2, 0) is 0 Å². The van der Waals surface area contributed by atoms with E-state index < -0.39 is 0 Å². The molecule has 2 N–H and O–H groups in total. The molecule has 0 saturated carbocycles. The summed E-state index contributed by atoms with van der Waals surface area (Å²) in [6.45, 7) is 2.88. The Hall–Kier alpha value is -0.340. The fourth-order valence-corrected chi connectivity index (χ4v) is 0.680. The Labute approximate surface area is 60.5 Å². The van der Waals surface area contributed by atoms with Crippen molar-refractivity contribution in [2.45, 2.75) is 13.3 Å². The van der Waals surface area contributed by atoms with E-state index in [0.29, 0.717) is 0 Å². The third-order valence-electron chi connectivity index (χ3n) is 0.714. The van der Waals surface area contributed by atoms with Gasteiger partial charge >= 0.3 is 0 Å². The average molecular weight is 143 g/mol. The minimum Gasteiger partial charge on any atom is -0.330 e. The van der Waals surface area contributed by atoms with Crippen molar-refractivity contribution in [3.8, 4) is 0 Å². The van der Waals surface area contributed by atoms with Crippen LogP contribution in [0.5, 0.6) is 0 Å². The molecule has 9 heavy (non-hydrogen) atoms. The third-order valence-corrected chi connectivity index (χ3v) is 1.34. The molecule has 1 aromatic rings. The molecule has 0 amide bonds. The van der Waals surface area contributed by atoms with Gasteiger partial charge in [-0.05, 0) is 23.7 Å². The molecule has 0 aromatic carbocycles. The normalized spacial score (nSPS) is 7.78. The lowest BCUT2D eigenvalue weighted by Crippen LogP contribution is -1.93. The van der Waals surface area contributed by atoms with Gasteiger partial charge in [0.1, 0.15) is 0 Å². The second-order valence-corrected chi connectivity index (χ2v) is 2.40. The Kier molecular flexibility index (Phi) is 7.37. The van der Waals surface area contributed by atoms with Crippen molar-refractivity contribution in [2.24, 2.45) is 5.73 Å². The van der Waals surface area contributed by atoms with Crippen LogP contribution in [0.3, 0.4) is 0 Å². The van der Waals surface area contributed by atoms with Crippen molar-refractivity contribution < 1.29 is 0 Å². The lowest BCUT2D eigenvalue weighted by molar-refractivity contribution is 0.932. The lowest BCUT2D eigenvalue weighted by Gasteiger charge is -1.70. The van der Waals surface area contributed by atoms with E-state index in [0.717, 1.165) is 13.0 Å². The molecule has 2 heteroatoms. The van der Waals surface area contributed by atoms with Gasteiger partial charge < -0.3 is 5.73 Å². The largest absolute Gasteiger partial charge is 0.330 e. The zero-order valence-corrected chi connectivity index (χ0v) is 6.53. The summed E-state index contributed by atoms with van der Waals surface area (Å²) in [6.07, 6.45) is 1.10. The van der Waals surface area contributed by atoms with Gasteiger partial charge in [-0.15, -0.1) is 0 Å². The van der Waals surface area contributed by atoms with Gasteiger partial charge in [0.05, 0.1) is 0 Å². The number of thiophene rings is 1. The summed E-state index contributed by atoms with van der Waals surface area (Å²) < 4.78 is 0. The van der Waals surface area contributed by atoms with Crippen LogP contribution in [0.25, 0.3) is 0 Å². The van der Waals surface area contributed by atoms with Crippen LogP contribution in [-0.4, -0.2) is 6.54 Å². The van der Waals surface area contributed by atoms with E-state index in [4.69, 9.17) is 5.73 Å².